The molecule has 3 rings (SSSR count). The summed E-state index contributed by atoms with van der Waals surface area (Å²) in [6, 6.07) is 13.0. The van der Waals surface area contributed by atoms with Crippen LogP contribution in [0.4, 0.5) is 11.4 Å². The lowest BCUT2D eigenvalue weighted by molar-refractivity contribution is -0.117. The predicted molar refractivity (Wildman–Crippen MR) is 112 cm³/mol. The highest BCUT2D eigenvalue weighted by atomic mass is 32.2. The minimum Gasteiger partial charge on any atom is -0.493 e. The molecule has 0 radical (unpaired) electrons. The second-order valence-electron chi connectivity index (χ2n) is 6.46. The number of nitrogens with zero attached hydrogens (tertiary/aromatic N) is 1. The summed E-state index contributed by atoms with van der Waals surface area (Å²) in [6.07, 6.45) is 1.49. The van der Waals surface area contributed by atoms with Gasteiger partial charge in [0.15, 0.2) is 11.5 Å². The summed E-state index contributed by atoms with van der Waals surface area (Å²) in [6.45, 7) is 2.61. The van der Waals surface area contributed by atoms with Crippen molar-refractivity contribution >= 4 is 35.0 Å². The molecule has 1 saturated heterocycles. The summed E-state index contributed by atoms with van der Waals surface area (Å²) in [7, 11) is 3.17. The first-order valence-corrected chi connectivity index (χ1v) is 9.99. The van der Waals surface area contributed by atoms with Gasteiger partial charge in [0.05, 0.1) is 19.5 Å². The van der Waals surface area contributed by atoms with Crippen LogP contribution in [0.3, 0.4) is 0 Å². The molecule has 1 N–H and O–H groups in total. The van der Waals surface area contributed by atoms with E-state index in [2.05, 4.69) is 5.32 Å². The van der Waals surface area contributed by atoms with E-state index < -0.39 is 0 Å². The molecule has 1 fully saturated rings. The number of hydrogen-bond acceptors (Lipinski definition) is 5. The molecule has 6 nitrogen and oxygen atoms in total. The van der Waals surface area contributed by atoms with E-state index in [9.17, 15) is 9.59 Å². The predicted octanol–water partition coefficient (Wildman–Crippen LogP) is 3.95. The molecule has 148 valence electrons. The fourth-order valence-electron chi connectivity index (χ4n) is 3.04. The Morgan fingerprint density at radius 3 is 2.43 bits per heavy atom. The van der Waals surface area contributed by atoms with Gasteiger partial charge in [-0.25, -0.2) is 0 Å². The fraction of sp³-hybridized carbons (Fsp3) is 0.333. The molecular formula is C21H24N2O4S. The molecule has 7 heteroatoms. The number of amides is 2. The number of carbonyl (C=O) groups excluding carboxylic acids is 2. The van der Waals surface area contributed by atoms with Crippen LogP contribution in [0.5, 0.6) is 11.5 Å². The van der Waals surface area contributed by atoms with Crippen molar-refractivity contribution < 1.29 is 19.1 Å². The third-order valence-corrected chi connectivity index (χ3v) is 5.65. The van der Waals surface area contributed by atoms with Crippen molar-refractivity contribution in [1.29, 1.82) is 0 Å². The average molecular weight is 401 g/mol. The van der Waals surface area contributed by atoms with Crippen molar-refractivity contribution in [2.75, 3.05) is 31.0 Å². The lowest BCUT2D eigenvalue weighted by Gasteiger charge is -2.17. The number of carbonyl (C=O) groups is 2. The molecule has 1 aliphatic rings. The zero-order valence-electron chi connectivity index (χ0n) is 16.2. The van der Waals surface area contributed by atoms with Crippen LogP contribution in [0.1, 0.15) is 19.8 Å². The first kappa shape index (κ1) is 20.1. The maximum Gasteiger partial charge on any atom is 0.237 e. The maximum absolute atomic E-state index is 12.5. The monoisotopic (exact) mass is 400 g/mol. The molecular weight excluding hydrogens is 376 g/mol. The van der Waals surface area contributed by atoms with Crippen LogP contribution in [0, 0.1) is 0 Å². The fourth-order valence-corrected chi connectivity index (χ4v) is 3.93. The van der Waals surface area contributed by atoms with Crippen LogP contribution in [0.25, 0.3) is 0 Å². The van der Waals surface area contributed by atoms with Gasteiger partial charge in [0, 0.05) is 29.2 Å². The number of thioether (sulfide) groups is 1. The second-order valence-corrected chi connectivity index (χ2v) is 7.88. The highest BCUT2D eigenvalue weighted by Gasteiger charge is 2.21. The summed E-state index contributed by atoms with van der Waals surface area (Å²) >= 11 is 1.44. The first-order valence-electron chi connectivity index (χ1n) is 9.12. The van der Waals surface area contributed by atoms with Gasteiger partial charge in [-0.2, -0.15) is 0 Å². The minimum atomic E-state index is -0.294. The highest BCUT2D eigenvalue weighted by Crippen LogP contribution is 2.34. The quantitative estimate of drug-likeness (QED) is 0.713. The van der Waals surface area contributed by atoms with E-state index in [-0.39, 0.29) is 17.1 Å². The molecule has 28 heavy (non-hydrogen) atoms. The number of hydrogen-bond donors (Lipinski definition) is 1. The zero-order chi connectivity index (χ0) is 20.1. The van der Waals surface area contributed by atoms with Crippen LogP contribution in [-0.2, 0) is 9.59 Å². The van der Waals surface area contributed by atoms with Crippen molar-refractivity contribution in [2.24, 2.45) is 0 Å². The molecule has 0 unspecified atom stereocenters. The van der Waals surface area contributed by atoms with Crippen LogP contribution >= 0.6 is 11.8 Å². The molecule has 2 aromatic rings. The van der Waals surface area contributed by atoms with Gasteiger partial charge >= 0.3 is 0 Å². The molecule has 1 aliphatic heterocycles. The van der Waals surface area contributed by atoms with Gasteiger partial charge in [-0.05, 0) is 55.8 Å². The second kappa shape index (κ2) is 9.01. The number of ether oxygens (including phenoxy) is 2. The zero-order valence-corrected chi connectivity index (χ0v) is 17.0. The third-order valence-electron chi connectivity index (χ3n) is 4.56. The van der Waals surface area contributed by atoms with Crippen molar-refractivity contribution in [3.05, 3.63) is 42.5 Å². The first-order chi connectivity index (χ1) is 13.5. The topological polar surface area (TPSA) is 67.9 Å². The summed E-state index contributed by atoms with van der Waals surface area (Å²) in [5.74, 6) is 1.34. The Morgan fingerprint density at radius 2 is 1.82 bits per heavy atom. The van der Waals surface area contributed by atoms with E-state index in [4.69, 9.17) is 9.47 Å². The molecule has 0 aromatic heterocycles. The molecule has 2 amide bonds. The number of rotatable bonds is 7. The molecule has 2 aromatic carbocycles. The van der Waals surface area contributed by atoms with Crippen LogP contribution in [0.2, 0.25) is 0 Å². The van der Waals surface area contributed by atoms with E-state index >= 15 is 0 Å². The molecule has 0 spiro atoms. The van der Waals surface area contributed by atoms with Gasteiger partial charge in [-0.1, -0.05) is 0 Å². The number of benzene rings is 2. The van der Waals surface area contributed by atoms with Crippen LogP contribution < -0.4 is 19.7 Å². The van der Waals surface area contributed by atoms with E-state index in [0.29, 0.717) is 23.6 Å². The lowest BCUT2D eigenvalue weighted by Crippen LogP contribution is -2.24. The lowest BCUT2D eigenvalue weighted by atomic mass is 10.2. The summed E-state index contributed by atoms with van der Waals surface area (Å²) in [4.78, 5) is 27.1. The van der Waals surface area contributed by atoms with Gasteiger partial charge in [0.25, 0.3) is 0 Å². The Balaban J connectivity index is 1.60. The van der Waals surface area contributed by atoms with Gasteiger partial charge < -0.3 is 19.7 Å². The Bertz CT molecular complexity index is 854. The van der Waals surface area contributed by atoms with E-state index in [1.54, 1.807) is 19.1 Å². The third kappa shape index (κ3) is 4.59. The average Bonchev–Trinajstić information content (AvgIpc) is 3.14. The highest BCUT2D eigenvalue weighted by molar-refractivity contribution is 8.00. The van der Waals surface area contributed by atoms with Crippen molar-refractivity contribution in [3.63, 3.8) is 0 Å². The SMILES string of the molecule is COc1ccc(S[C@H](C)C(=O)Nc2ccc(N3CCCC3=O)cc2)cc1OC. The molecule has 1 heterocycles. The molecule has 0 bridgehead atoms. The van der Waals surface area contributed by atoms with Crippen molar-refractivity contribution in [1.82, 2.24) is 0 Å². The Hall–Kier alpha value is -2.67. The van der Waals surface area contributed by atoms with E-state index in [1.165, 1.54) is 11.8 Å². The largest absolute Gasteiger partial charge is 0.493 e. The number of anilines is 2. The summed E-state index contributed by atoms with van der Waals surface area (Å²) in [5, 5.41) is 2.63. The summed E-state index contributed by atoms with van der Waals surface area (Å²) < 4.78 is 10.5. The van der Waals surface area contributed by atoms with Gasteiger partial charge in [0.1, 0.15) is 0 Å². The number of methoxy groups -OCH3 is 2. The van der Waals surface area contributed by atoms with Gasteiger partial charge in [0.2, 0.25) is 11.8 Å². The van der Waals surface area contributed by atoms with Crippen LogP contribution in [-0.4, -0.2) is 37.8 Å². The van der Waals surface area contributed by atoms with Crippen molar-refractivity contribution in [2.45, 2.75) is 29.9 Å². The van der Waals surface area contributed by atoms with Crippen molar-refractivity contribution in [3.8, 4) is 11.5 Å². The Kier molecular flexibility index (Phi) is 6.46. The molecule has 0 aliphatic carbocycles. The molecule has 0 saturated carbocycles. The molecule has 1 atom stereocenters. The van der Waals surface area contributed by atoms with Crippen LogP contribution in [0.15, 0.2) is 47.4 Å². The van der Waals surface area contributed by atoms with E-state index in [0.717, 1.165) is 23.5 Å². The van der Waals surface area contributed by atoms with Gasteiger partial charge in [-0.15, -0.1) is 11.8 Å². The standard InChI is InChI=1S/C21H24N2O4S/c1-14(28-17-10-11-18(26-2)19(13-17)27-3)21(25)22-15-6-8-16(9-7-15)23-12-4-5-20(23)24/h6-11,13-14H,4-5,12H2,1-3H3,(H,22,25)/t14-/m1/s1. The minimum absolute atomic E-state index is 0.0928. The summed E-state index contributed by atoms with van der Waals surface area (Å²) in [5.41, 5.74) is 1.58. The normalized spacial score (nSPS) is 14.7. The smallest absolute Gasteiger partial charge is 0.237 e. The maximum atomic E-state index is 12.5. The Morgan fingerprint density at radius 1 is 1.11 bits per heavy atom. The van der Waals surface area contributed by atoms with Gasteiger partial charge in [-0.3, -0.25) is 9.59 Å². The van der Waals surface area contributed by atoms with E-state index in [1.807, 2.05) is 49.4 Å². The Labute approximate surface area is 169 Å². The number of nitrogens with one attached hydrogen (secondary N) is 1.